The van der Waals surface area contributed by atoms with Crippen molar-refractivity contribution in [2.75, 3.05) is 13.1 Å². The van der Waals surface area contributed by atoms with Crippen LogP contribution in [-0.4, -0.2) is 50.4 Å². The number of carbonyl (C=O) groups excluding carboxylic acids is 1. The number of nitrogens with zero attached hydrogens (tertiary/aromatic N) is 3. The molecule has 1 saturated carbocycles. The standard InChI is InChI=1S/C24H26N4O3/c1-16-13-24(22(30)31,8-7-18(16)17-5-3-2-4-6-17)20-14-23(20)9-11-28(12-10-23)21(29)19-15-25-27-26-19/h2-8,15,20H,9-14H2,1H3,(H,30,31)(H,25,26,27)/t20?,24-/m1/s1. The number of aromatic nitrogens is 3. The highest BCUT2D eigenvalue weighted by Gasteiger charge is 2.65. The number of benzene rings is 1. The van der Waals surface area contributed by atoms with Crippen molar-refractivity contribution >= 4 is 17.4 Å². The van der Waals surface area contributed by atoms with E-state index in [1.165, 1.54) is 6.20 Å². The van der Waals surface area contributed by atoms with E-state index in [-0.39, 0.29) is 17.2 Å². The molecule has 2 aromatic rings. The van der Waals surface area contributed by atoms with E-state index in [0.717, 1.165) is 36.0 Å². The maximum absolute atomic E-state index is 12.6. The first-order valence-corrected chi connectivity index (χ1v) is 10.8. The maximum Gasteiger partial charge on any atom is 0.314 e. The second kappa shape index (κ2) is 7.18. The number of hydrogen-bond donors (Lipinski definition) is 2. The minimum Gasteiger partial charge on any atom is -0.481 e. The minimum absolute atomic E-state index is 0.0102. The van der Waals surface area contributed by atoms with Gasteiger partial charge in [0.1, 0.15) is 5.69 Å². The molecule has 2 atom stereocenters. The number of aromatic amines is 1. The lowest BCUT2D eigenvalue weighted by Gasteiger charge is -2.37. The fraction of sp³-hybridized carbons (Fsp3) is 0.417. The van der Waals surface area contributed by atoms with Gasteiger partial charge in [-0.1, -0.05) is 53.3 Å². The zero-order chi connectivity index (χ0) is 21.6. The average molecular weight is 418 g/mol. The topological polar surface area (TPSA) is 99.2 Å². The summed E-state index contributed by atoms with van der Waals surface area (Å²) in [6, 6.07) is 10.1. The Morgan fingerprint density at radius 2 is 1.94 bits per heavy atom. The molecule has 2 fully saturated rings. The van der Waals surface area contributed by atoms with Crippen molar-refractivity contribution in [1.82, 2.24) is 20.3 Å². The monoisotopic (exact) mass is 418 g/mol. The van der Waals surface area contributed by atoms with Gasteiger partial charge in [0, 0.05) is 13.1 Å². The van der Waals surface area contributed by atoms with Crippen molar-refractivity contribution in [2.45, 2.75) is 32.6 Å². The molecule has 3 aliphatic rings. The van der Waals surface area contributed by atoms with Crippen molar-refractivity contribution < 1.29 is 14.7 Å². The number of carboxylic acids is 1. The molecule has 7 nitrogen and oxygen atoms in total. The van der Waals surface area contributed by atoms with Crippen molar-refractivity contribution in [3.05, 3.63) is 65.5 Å². The molecule has 2 aliphatic carbocycles. The Kier molecular flexibility index (Phi) is 4.57. The van der Waals surface area contributed by atoms with Gasteiger partial charge in [0.25, 0.3) is 5.91 Å². The predicted octanol–water partition coefficient (Wildman–Crippen LogP) is 3.55. The third-order valence-electron chi connectivity index (χ3n) is 7.55. The van der Waals surface area contributed by atoms with Gasteiger partial charge in [-0.3, -0.25) is 14.7 Å². The quantitative estimate of drug-likeness (QED) is 0.791. The van der Waals surface area contributed by atoms with E-state index >= 15 is 0 Å². The first-order valence-electron chi connectivity index (χ1n) is 10.8. The predicted molar refractivity (Wildman–Crippen MR) is 115 cm³/mol. The van der Waals surface area contributed by atoms with Gasteiger partial charge in [0.05, 0.1) is 11.6 Å². The highest BCUT2D eigenvalue weighted by Crippen LogP contribution is 2.68. The summed E-state index contributed by atoms with van der Waals surface area (Å²) in [5, 5.41) is 20.2. The number of piperidine rings is 1. The molecule has 1 aromatic heterocycles. The number of allylic oxidation sites excluding steroid dienone is 3. The zero-order valence-corrected chi connectivity index (χ0v) is 17.5. The van der Waals surface area contributed by atoms with Gasteiger partial charge in [-0.15, -0.1) is 5.10 Å². The first-order chi connectivity index (χ1) is 15.0. The van der Waals surface area contributed by atoms with E-state index in [0.29, 0.717) is 25.2 Å². The summed E-state index contributed by atoms with van der Waals surface area (Å²) in [6.07, 6.45) is 8.52. The van der Waals surface area contributed by atoms with Crippen LogP contribution in [0, 0.1) is 16.7 Å². The van der Waals surface area contributed by atoms with Crippen LogP contribution in [0.1, 0.15) is 48.7 Å². The van der Waals surface area contributed by atoms with Crippen molar-refractivity contribution in [1.29, 1.82) is 0 Å². The summed E-state index contributed by atoms with van der Waals surface area (Å²) in [7, 11) is 0. The van der Waals surface area contributed by atoms with Crippen LogP contribution in [0.5, 0.6) is 0 Å². The highest BCUT2D eigenvalue weighted by atomic mass is 16.4. The van der Waals surface area contributed by atoms with Crippen LogP contribution in [0.3, 0.4) is 0 Å². The van der Waals surface area contributed by atoms with Gasteiger partial charge < -0.3 is 10.0 Å². The summed E-state index contributed by atoms with van der Waals surface area (Å²) in [5.41, 5.74) is 2.92. The molecule has 1 spiro atoms. The fourth-order valence-electron chi connectivity index (χ4n) is 5.72. The van der Waals surface area contributed by atoms with E-state index in [1.807, 2.05) is 35.3 Å². The molecule has 0 bridgehead atoms. The van der Waals surface area contributed by atoms with Crippen LogP contribution >= 0.6 is 0 Å². The molecule has 1 aromatic carbocycles. The first kappa shape index (κ1) is 19.7. The maximum atomic E-state index is 12.6. The number of aliphatic carboxylic acids is 1. The second-order valence-corrected chi connectivity index (χ2v) is 9.20. The average Bonchev–Trinajstić information content (AvgIpc) is 3.22. The Bertz CT molecular complexity index is 1070. The van der Waals surface area contributed by atoms with Gasteiger partial charge in [0.15, 0.2) is 0 Å². The Morgan fingerprint density at radius 3 is 2.55 bits per heavy atom. The molecule has 2 N–H and O–H groups in total. The van der Waals surface area contributed by atoms with E-state index < -0.39 is 11.4 Å². The highest BCUT2D eigenvalue weighted by molar-refractivity contribution is 5.92. The summed E-state index contributed by atoms with van der Waals surface area (Å²) in [5.74, 6) is -0.722. The molecule has 5 rings (SSSR count). The van der Waals surface area contributed by atoms with E-state index in [1.54, 1.807) is 0 Å². The SMILES string of the molecule is CC1=C(c2ccccc2)C=C[C@](C(=O)O)(C2CC23CCN(C(=O)c2cnn[nH]2)CC3)C1. The number of amides is 1. The zero-order valence-electron chi connectivity index (χ0n) is 17.5. The summed E-state index contributed by atoms with van der Waals surface area (Å²) in [6.45, 7) is 3.33. The van der Waals surface area contributed by atoms with E-state index in [2.05, 4.69) is 34.5 Å². The molecule has 0 radical (unpaired) electrons. The van der Waals surface area contributed by atoms with Gasteiger partial charge in [-0.2, -0.15) is 0 Å². The smallest absolute Gasteiger partial charge is 0.314 e. The Hall–Kier alpha value is -3.22. The molecule has 1 saturated heterocycles. The van der Waals surface area contributed by atoms with Crippen LogP contribution in [0.15, 0.2) is 54.3 Å². The molecule has 160 valence electrons. The van der Waals surface area contributed by atoms with Crippen LogP contribution in [-0.2, 0) is 4.79 Å². The molecular formula is C24H26N4O3. The lowest BCUT2D eigenvalue weighted by atomic mass is 9.69. The van der Waals surface area contributed by atoms with Crippen LogP contribution in [0.25, 0.3) is 5.57 Å². The van der Waals surface area contributed by atoms with Crippen molar-refractivity contribution in [2.24, 2.45) is 16.7 Å². The molecule has 31 heavy (non-hydrogen) atoms. The molecule has 1 unspecified atom stereocenters. The Labute approximate surface area is 180 Å². The van der Waals surface area contributed by atoms with Gasteiger partial charge in [-0.25, -0.2) is 0 Å². The number of nitrogens with one attached hydrogen (secondary N) is 1. The number of H-pyrrole nitrogens is 1. The lowest BCUT2D eigenvalue weighted by molar-refractivity contribution is -0.148. The summed E-state index contributed by atoms with van der Waals surface area (Å²) >= 11 is 0. The third-order valence-corrected chi connectivity index (χ3v) is 7.55. The number of hydrogen-bond acceptors (Lipinski definition) is 4. The molecular weight excluding hydrogens is 392 g/mol. The summed E-state index contributed by atoms with van der Waals surface area (Å²) in [4.78, 5) is 26.9. The van der Waals surface area contributed by atoms with Crippen LogP contribution < -0.4 is 0 Å². The summed E-state index contributed by atoms with van der Waals surface area (Å²) < 4.78 is 0. The Morgan fingerprint density at radius 1 is 1.19 bits per heavy atom. The van der Waals surface area contributed by atoms with Gasteiger partial charge in [-0.05, 0) is 55.1 Å². The van der Waals surface area contributed by atoms with Crippen molar-refractivity contribution in [3.63, 3.8) is 0 Å². The van der Waals surface area contributed by atoms with E-state index in [4.69, 9.17) is 0 Å². The third kappa shape index (κ3) is 3.19. The van der Waals surface area contributed by atoms with E-state index in [9.17, 15) is 14.7 Å². The number of carbonyl (C=O) groups is 2. The molecule has 1 aliphatic heterocycles. The number of likely N-dealkylation sites (tertiary alicyclic amines) is 1. The second-order valence-electron chi connectivity index (χ2n) is 9.20. The van der Waals surface area contributed by atoms with Gasteiger partial charge >= 0.3 is 5.97 Å². The van der Waals surface area contributed by atoms with Gasteiger partial charge in [0.2, 0.25) is 0 Å². The number of carboxylic acid groups (broad SMARTS) is 1. The van der Waals surface area contributed by atoms with Crippen LogP contribution in [0.4, 0.5) is 0 Å². The normalized spacial score (nSPS) is 26.9. The molecule has 7 heteroatoms. The fourth-order valence-corrected chi connectivity index (χ4v) is 5.72. The minimum atomic E-state index is -0.859. The lowest BCUT2D eigenvalue weighted by Crippen LogP contribution is -2.42. The Balaban J connectivity index is 1.32. The molecule has 2 heterocycles. The largest absolute Gasteiger partial charge is 0.481 e. The number of rotatable bonds is 4. The van der Waals surface area contributed by atoms with Crippen molar-refractivity contribution in [3.8, 4) is 0 Å². The van der Waals surface area contributed by atoms with Crippen LogP contribution in [0.2, 0.25) is 0 Å². The molecule has 1 amide bonds.